The molecule has 1 atom stereocenters. The fourth-order valence-corrected chi connectivity index (χ4v) is 2.07. The molecular weight excluding hydrogens is 250 g/mol. The second-order valence-corrected chi connectivity index (χ2v) is 4.89. The number of hydrogen-bond acceptors (Lipinski definition) is 3. The highest BCUT2D eigenvalue weighted by atomic mass is 16.5. The molecule has 3 N–H and O–H groups in total. The van der Waals surface area contributed by atoms with Gasteiger partial charge in [-0.2, -0.15) is 0 Å². The van der Waals surface area contributed by atoms with Crippen molar-refractivity contribution in [1.29, 1.82) is 0 Å². The summed E-state index contributed by atoms with van der Waals surface area (Å²) in [4.78, 5) is 0. The van der Waals surface area contributed by atoms with Gasteiger partial charge in [0.25, 0.3) is 0 Å². The highest BCUT2D eigenvalue weighted by molar-refractivity contribution is 5.29. The van der Waals surface area contributed by atoms with Gasteiger partial charge < -0.3 is 15.6 Å². The highest BCUT2D eigenvalue weighted by Crippen LogP contribution is 2.22. The Bertz CT molecular complexity index is 542. The van der Waals surface area contributed by atoms with E-state index in [1.807, 2.05) is 48.5 Å². The summed E-state index contributed by atoms with van der Waals surface area (Å²) in [6.45, 7) is 2.35. The number of aliphatic hydroxyl groups is 1. The summed E-state index contributed by atoms with van der Waals surface area (Å²) in [6.07, 6.45) is 0.955. The third kappa shape index (κ3) is 3.38. The van der Waals surface area contributed by atoms with Crippen LogP contribution in [0.2, 0.25) is 0 Å². The first-order valence-corrected chi connectivity index (χ1v) is 6.87. The summed E-state index contributed by atoms with van der Waals surface area (Å²) in [5, 5.41) is 10.6. The van der Waals surface area contributed by atoms with E-state index in [1.165, 1.54) is 5.56 Å². The molecular formula is C17H21NO2. The van der Waals surface area contributed by atoms with Crippen LogP contribution < -0.4 is 10.5 Å². The van der Waals surface area contributed by atoms with Crippen LogP contribution in [0.5, 0.6) is 5.75 Å². The second-order valence-electron chi connectivity index (χ2n) is 4.89. The molecule has 0 saturated carbocycles. The molecule has 0 aromatic heterocycles. The van der Waals surface area contributed by atoms with Crippen LogP contribution in [0.15, 0.2) is 54.6 Å². The van der Waals surface area contributed by atoms with Crippen LogP contribution >= 0.6 is 0 Å². The van der Waals surface area contributed by atoms with Crippen molar-refractivity contribution < 1.29 is 9.84 Å². The summed E-state index contributed by atoms with van der Waals surface area (Å²) in [7, 11) is 0. The fourth-order valence-electron chi connectivity index (χ4n) is 2.07. The molecule has 0 saturated heterocycles. The van der Waals surface area contributed by atoms with Crippen LogP contribution in [0, 0.1) is 0 Å². The van der Waals surface area contributed by atoms with Crippen molar-refractivity contribution in [1.82, 2.24) is 0 Å². The molecule has 0 fully saturated rings. The van der Waals surface area contributed by atoms with Crippen LogP contribution in [0.4, 0.5) is 0 Å². The molecule has 20 heavy (non-hydrogen) atoms. The van der Waals surface area contributed by atoms with Gasteiger partial charge in [-0.25, -0.2) is 0 Å². The molecule has 0 bridgehead atoms. The smallest absolute Gasteiger partial charge is 0.136 e. The first-order chi connectivity index (χ1) is 9.68. The third-order valence-electron chi connectivity index (χ3n) is 3.43. The Kier molecular flexibility index (Phi) is 4.77. The lowest BCUT2D eigenvalue weighted by Crippen LogP contribution is -2.40. The lowest BCUT2D eigenvalue weighted by molar-refractivity contribution is -0.00146. The molecule has 0 aliphatic carbocycles. The summed E-state index contributed by atoms with van der Waals surface area (Å²) in [5.74, 6) is 0.757. The normalized spacial score (nSPS) is 13.8. The minimum absolute atomic E-state index is 0.116. The van der Waals surface area contributed by atoms with Crippen LogP contribution in [-0.4, -0.2) is 18.3 Å². The quantitative estimate of drug-likeness (QED) is 0.848. The SMILES string of the molecule is CCc1cccc(OCC(O)(CN)c2ccccc2)c1. The van der Waals surface area contributed by atoms with Crippen molar-refractivity contribution in [2.45, 2.75) is 18.9 Å². The number of aryl methyl sites for hydroxylation is 1. The van der Waals surface area contributed by atoms with E-state index in [-0.39, 0.29) is 13.2 Å². The maximum Gasteiger partial charge on any atom is 0.136 e. The Hall–Kier alpha value is -1.84. The Morgan fingerprint density at radius 1 is 1.10 bits per heavy atom. The van der Waals surface area contributed by atoms with Gasteiger partial charge in [-0.3, -0.25) is 0 Å². The largest absolute Gasteiger partial charge is 0.490 e. The summed E-state index contributed by atoms with van der Waals surface area (Å²) in [5.41, 5.74) is 6.55. The maximum atomic E-state index is 10.6. The predicted octanol–water partition coefficient (Wildman–Crippen LogP) is 2.47. The molecule has 3 heteroatoms. The van der Waals surface area contributed by atoms with Crippen molar-refractivity contribution in [3.8, 4) is 5.75 Å². The number of nitrogens with two attached hydrogens (primary N) is 1. The molecule has 0 amide bonds. The molecule has 0 aliphatic rings. The van der Waals surface area contributed by atoms with Gasteiger partial charge in [0, 0.05) is 6.54 Å². The zero-order valence-corrected chi connectivity index (χ0v) is 11.8. The third-order valence-corrected chi connectivity index (χ3v) is 3.43. The molecule has 2 rings (SSSR count). The molecule has 106 valence electrons. The molecule has 0 radical (unpaired) electrons. The van der Waals surface area contributed by atoms with E-state index < -0.39 is 5.60 Å². The first-order valence-electron chi connectivity index (χ1n) is 6.87. The number of ether oxygens (including phenoxy) is 1. The van der Waals surface area contributed by atoms with Crippen LogP contribution in [0.1, 0.15) is 18.1 Å². The van der Waals surface area contributed by atoms with Gasteiger partial charge in [0.2, 0.25) is 0 Å². The average molecular weight is 271 g/mol. The Morgan fingerprint density at radius 2 is 1.85 bits per heavy atom. The van der Waals surface area contributed by atoms with E-state index in [0.717, 1.165) is 17.7 Å². The van der Waals surface area contributed by atoms with E-state index in [9.17, 15) is 5.11 Å². The van der Waals surface area contributed by atoms with Gasteiger partial charge in [-0.15, -0.1) is 0 Å². The van der Waals surface area contributed by atoms with Crippen LogP contribution in [-0.2, 0) is 12.0 Å². The molecule has 3 nitrogen and oxygen atoms in total. The lowest BCUT2D eigenvalue weighted by Gasteiger charge is -2.27. The zero-order valence-electron chi connectivity index (χ0n) is 11.8. The minimum Gasteiger partial charge on any atom is -0.490 e. The van der Waals surface area contributed by atoms with Gasteiger partial charge in [0.15, 0.2) is 0 Å². The monoisotopic (exact) mass is 271 g/mol. The van der Waals surface area contributed by atoms with Gasteiger partial charge in [-0.1, -0.05) is 49.4 Å². The van der Waals surface area contributed by atoms with E-state index >= 15 is 0 Å². The lowest BCUT2D eigenvalue weighted by atomic mass is 9.95. The number of hydrogen-bond donors (Lipinski definition) is 2. The first kappa shape index (κ1) is 14.6. The van der Waals surface area contributed by atoms with Crippen molar-refractivity contribution in [3.63, 3.8) is 0 Å². The summed E-state index contributed by atoms with van der Waals surface area (Å²) in [6, 6.07) is 17.3. The Morgan fingerprint density at radius 3 is 2.50 bits per heavy atom. The van der Waals surface area contributed by atoms with Crippen molar-refractivity contribution in [2.24, 2.45) is 5.73 Å². The standard InChI is InChI=1S/C17H21NO2/c1-2-14-7-6-10-16(11-14)20-13-17(19,12-18)15-8-4-3-5-9-15/h3-11,19H,2,12-13,18H2,1H3. The maximum absolute atomic E-state index is 10.6. The number of benzene rings is 2. The van der Waals surface area contributed by atoms with E-state index in [2.05, 4.69) is 13.0 Å². The second kappa shape index (κ2) is 6.55. The van der Waals surface area contributed by atoms with Gasteiger partial charge in [0.05, 0.1) is 0 Å². The van der Waals surface area contributed by atoms with E-state index in [0.29, 0.717) is 0 Å². The van der Waals surface area contributed by atoms with E-state index in [4.69, 9.17) is 10.5 Å². The summed E-state index contributed by atoms with van der Waals surface area (Å²) < 4.78 is 5.73. The molecule has 0 aliphatic heterocycles. The van der Waals surface area contributed by atoms with Crippen molar-refractivity contribution in [2.75, 3.05) is 13.2 Å². The summed E-state index contributed by atoms with van der Waals surface area (Å²) >= 11 is 0. The predicted molar refractivity (Wildman–Crippen MR) is 80.7 cm³/mol. The molecule has 1 unspecified atom stereocenters. The number of rotatable bonds is 6. The van der Waals surface area contributed by atoms with Crippen molar-refractivity contribution in [3.05, 3.63) is 65.7 Å². The zero-order chi connectivity index (χ0) is 14.4. The topological polar surface area (TPSA) is 55.5 Å². The molecule has 0 heterocycles. The molecule has 2 aromatic carbocycles. The van der Waals surface area contributed by atoms with Gasteiger partial charge in [-0.05, 0) is 29.7 Å². The van der Waals surface area contributed by atoms with Gasteiger partial charge >= 0.3 is 0 Å². The molecule has 2 aromatic rings. The van der Waals surface area contributed by atoms with E-state index in [1.54, 1.807) is 0 Å². The average Bonchev–Trinajstić information content (AvgIpc) is 2.53. The van der Waals surface area contributed by atoms with Crippen molar-refractivity contribution >= 4 is 0 Å². The fraction of sp³-hybridized carbons (Fsp3) is 0.294. The van der Waals surface area contributed by atoms with Crippen LogP contribution in [0.25, 0.3) is 0 Å². The Balaban J connectivity index is 2.10. The Labute approximate surface area is 120 Å². The highest BCUT2D eigenvalue weighted by Gasteiger charge is 2.28. The minimum atomic E-state index is -1.16. The van der Waals surface area contributed by atoms with Crippen LogP contribution in [0.3, 0.4) is 0 Å². The molecule has 0 spiro atoms. The van der Waals surface area contributed by atoms with Gasteiger partial charge in [0.1, 0.15) is 18.0 Å².